The van der Waals surface area contributed by atoms with Gasteiger partial charge in [-0.05, 0) is 19.4 Å². The van der Waals surface area contributed by atoms with Crippen molar-refractivity contribution in [3.63, 3.8) is 0 Å². The van der Waals surface area contributed by atoms with Crippen molar-refractivity contribution in [2.45, 2.75) is 33.2 Å². The van der Waals surface area contributed by atoms with E-state index in [0.29, 0.717) is 18.7 Å². The molecule has 1 aliphatic heterocycles. The molecule has 1 fully saturated rings. The number of aromatic nitrogens is 1. The van der Waals surface area contributed by atoms with Crippen LogP contribution in [0.4, 0.5) is 5.13 Å². The lowest BCUT2D eigenvalue weighted by Gasteiger charge is -2.17. The number of hydrogen-bond donors (Lipinski definition) is 1. The molecule has 1 aromatic heterocycles. The summed E-state index contributed by atoms with van der Waals surface area (Å²) in [6, 6.07) is 0. The average molecular weight is 317 g/mol. The van der Waals surface area contributed by atoms with Gasteiger partial charge in [-0.3, -0.25) is 0 Å². The first-order valence-electron chi connectivity index (χ1n) is 7.20. The van der Waals surface area contributed by atoms with Crippen LogP contribution >= 0.6 is 11.3 Å². The zero-order valence-electron chi connectivity index (χ0n) is 12.2. The molecule has 0 amide bonds. The molecule has 0 aliphatic carbocycles. The largest absolute Gasteiger partial charge is 0.347 e. The zero-order valence-corrected chi connectivity index (χ0v) is 13.8. The monoisotopic (exact) mass is 317 g/mol. The number of nitrogens with one attached hydrogen (secondary N) is 1. The van der Waals surface area contributed by atoms with Crippen molar-refractivity contribution in [2.24, 2.45) is 0 Å². The normalized spacial score (nSPS) is 19.0. The minimum atomic E-state index is -2.86. The second kappa shape index (κ2) is 6.87. The Morgan fingerprint density at radius 3 is 2.80 bits per heavy atom. The maximum absolute atomic E-state index is 11.7. The highest BCUT2D eigenvalue weighted by Crippen LogP contribution is 2.27. The van der Waals surface area contributed by atoms with Crippen LogP contribution in [0.5, 0.6) is 0 Å². The summed E-state index contributed by atoms with van der Waals surface area (Å²) >= 11 is 1.70. The lowest BCUT2D eigenvalue weighted by atomic mass is 10.3. The van der Waals surface area contributed by atoms with Gasteiger partial charge in [0.15, 0.2) is 15.0 Å². The highest BCUT2D eigenvalue weighted by molar-refractivity contribution is 7.91. The molecular formula is C13H23N3O2S2. The van der Waals surface area contributed by atoms with Gasteiger partial charge >= 0.3 is 0 Å². The first kappa shape index (κ1) is 15.7. The number of rotatable bonds is 5. The molecular weight excluding hydrogens is 294 g/mol. The van der Waals surface area contributed by atoms with Gasteiger partial charge in [0.1, 0.15) is 0 Å². The van der Waals surface area contributed by atoms with Crippen LogP contribution in [0, 0.1) is 0 Å². The lowest BCUT2D eigenvalue weighted by molar-refractivity contribution is 0.597. The van der Waals surface area contributed by atoms with Crippen LogP contribution in [0.15, 0.2) is 0 Å². The van der Waals surface area contributed by atoms with Crippen LogP contribution in [0.2, 0.25) is 0 Å². The fourth-order valence-corrected chi connectivity index (χ4v) is 4.73. The molecule has 2 rings (SSSR count). The summed E-state index contributed by atoms with van der Waals surface area (Å²) < 4.78 is 23.3. The van der Waals surface area contributed by atoms with Crippen molar-refractivity contribution in [1.82, 2.24) is 10.3 Å². The Balaban J connectivity index is 2.13. The van der Waals surface area contributed by atoms with Crippen LogP contribution in [-0.2, 0) is 22.8 Å². The van der Waals surface area contributed by atoms with Gasteiger partial charge in [-0.1, -0.05) is 13.8 Å². The standard InChI is InChI=1S/C13H23N3O2S2/c1-3-11-12(10-14-4-2)19-13(15-11)16-6-5-8-20(17,18)9-7-16/h14H,3-10H2,1-2H3. The van der Waals surface area contributed by atoms with Gasteiger partial charge in [0, 0.05) is 24.5 Å². The summed E-state index contributed by atoms with van der Waals surface area (Å²) in [7, 11) is -2.86. The molecule has 1 aliphatic rings. The number of aryl methyl sites for hydroxylation is 1. The van der Waals surface area contributed by atoms with Crippen molar-refractivity contribution < 1.29 is 8.42 Å². The molecule has 7 heteroatoms. The first-order valence-corrected chi connectivity index (χ1v) is 9.84. The molecule has 1 N–H and O–H groups in total. The van der Waals surface area contributed by atoms with Gasteiger partial charge in [-0.15, -0.1) is 11.3 Å². The van der Waals surface area contributed by atoms with E-state index in [1.165, 1.54) is 4.88 Å². The van der Waals surface area contributed by atoms with Crippen LogP contribution in [0.3, 0.4) is 0 Å². The Hall–Kier alpha value is -0.660. The SMILES string of the molecule is CCNCc1sc(N2CCCS(=O)(=O)CC2)nc1CC. The van der Waals surface area contributed by atoms with E-state index in [-0.39, 0.29) is 5.75 Å². The van der Waals surface area contributed by atoms with Gasteiger partial charge in [-0.2, -0.15) is 0 Å². The molecule has 1 saturated heterocycles. The van der Waals surface area contributed by atoms with E-state index < -0.39 is 9.84 Å². The number of hydrogen-bond acceptors (Lipinski definition) is 6. The van der Waals surface area contributed by atoms with E-state index in [4.69, 9.17) is 4.98 Å². The summed E-state index contributed by atoms with van der Waals surface area (Å²) in [5.41, 5.74) is 1.14. The fourth-order valence-electron chi connectivity index (χ4n) is 2.29. The zero-order chi connectivity index (χ0) is 14.6. The molecule has 0 radical (unpaired) electrons. The van der Waals surface area contributed by atoms with Crippen LogP contribution < -0.4 is 10.2 Å². The van der Waals surface area contributed by atoms with Crippen molar-refractivity contribution in [3.05, 3.63) is 10.6 Å². The van der Waals surface area contributed by atoms with E-state index in [9.17, 15) is 8.42 Å². The molecule has 114 valence electrons. The number of nitrogens with zero attached hydrogens (tertiary/aromatic N) is 2. The van der Waals surface area contributed by atoms with Crippen LogP contribution in [-0.4, -0.2) is 44.5 Å². The fraction of sp³-hybridized carbons (Fsp3) is 0.769. The molecule has 0 aromatic carbocycles. The third kappa shape index (κ3) is 3.93. The Bertz CT molecular complexity index is 540. The average Bonchev–Trinajstić information content (AvgIpc) is 2.74. The quantitative estimate of drug-likeness (QED) is 0.890. The van der Waals surface area contributed by atoms with E-state index in [0.717, 1.165) is 36.9 Å². The van der Waals surface area contributed by atoms with Gasteiger partial charge in [0.2, 0.25) is 0 Å². The second-order valence-corrected chi connectivity index (χ2v) is 8.36. The van der Waals surface area contributed by atoms with Gasteiger partial charge in [0.25, 0.3) is 0 Å². The molecule has 0 unspecified atom stereocenters. The van der Waals surface area contributed by atoms with E-state index in [2.05, 4.69) is 24.1 Å². The third-order valence-corrected chi connectivity index (χ3v) is 6.34. The second-order valence-electron chi connectivity index (χ2n) is 4.99. The summed E-state index contributed by atoms with van der Waals surface area (Å²) in [6.07, 6.45) is 1.62. The Morgan fingerprint density at radius 1 is 1.30 bits per heavy atom. The molecule has 20 heavy (non-hydrogen) atoms. The minimum absolute atomic E-state index is 0.247. The molecule has 0 saturated carbocycles. The number of anilines is 1. The van der Waals surface area contributed by atoms with Crippen LogP contribution in [0.25, 0.3) is 0 Å². The highest BCUT2D eigenvalue weighted by atomic mass is 32.2. The molecule has 1 aromatic rings. The van der Waals surface area contributed by atoms with Crippen LogP contribution in [0.1, 0.15) is 30.8 Å². The smallest absolute Gasteiger partial charge is 0.185 e. The van der Waals surface area contributed by atoms with Crippen molar-refractivity contribution in [1.29, 1.82) is 0 Å². The summed E-state index contributed by atoms with van der Waals surface area (Å²) in [5, 5.41) is 4.32. The Labute approximate surface area is 125 Å². The van der Waals surface area contributed by atoms with E-state index in [1.54, 1.807) is 11.3 Å². The molecule has 2 heterocycles. The Morgan fingerprint density at radius 2 is 2.10 bits per heavy atom. The van der Waals surface area contributed by atoms with Gasteiger partial charge in [0.05, 0.1) is 17.2 Å². The predicted molar refractivity (Wildman–Crippen MR) is 84.4 cm³/mol. The highest BCUT2D eigenvalue weighted by Gasteiger charge is 2.22. The third-order valence-electron chi connectivity index (χ3n) is 3.46. The van der Waals surface area contributed by atoms with E-state index >= 15 is 0 Å². The predicted octanol–water partition coefficient (Wildman–Crippen LogP) is 1.44. The molecule has 0 spiro atoms. The van der Waals surface area contributed by atoms with Crippen molar-refractivity contribution in [3.8, 4) is 0 Å². The van der Waals surface area contributed by atoms with Gasteiger partial charge in [-0.25, -0.2) is 13.4 Å². The molecule has 0 atom stereocenters. The van der Waals surface area contributed by atoms with Crippen molar-refractivity contribution in [2.75, 3.05) is 36.0 Å². The molecule has 0 bridgehead atoms. The number of sulfone groups is 1. The summed E-state index contributed by atoms with van der Waals surface area (Å²) in [6.45, 7) is 7.35. The van der Waals surface area contributed by atoms with E-state index in [1.807, 2.05) is 0 Å². The van der Waals surface area contributed by atoms with Crippen molar-refractivity contribution >= 4 is 26.3 Å². The summed E-state index contributed by atoms with van der Waals surface area (Å²) in [5.74, 6) is 0.552. The van der Waals surface area contributed by atoms with Gasteiger partial charge < -0.3 is 10.2 Å². The topological polar surface area (TPSA) is 62.3 Å². The maximum atomic E-state index is 11.7. The summed E-state index contributed by atoms with van der Waals surface area (Å²) in [4.78, 5) is 8.11. The first-order chi connectivity index (χ1) is 9.55. The number of thiazole rings is 1. The Kier molecular flexibility index (Phi) is 5.40. The maximum Gasteiger partial charge on any atom is 0.185 e. The lowest BCUT2D eigenvalue weighted by Crippen LogP contribution is -2.26. The molecule has 5 nitrogen and oxygen atoms in total. The minimum Gasteiger partial charge on any atom is -0.347 e.